The number of halogens is 1. The molecule has 17 heavy (non-hydrogen) atoms. The fourth-order valence-electron chi connectivity index (χ4n) is 1.40. The number of pyridine rings is 1. The van der Waals surface area contributed by atoms with Gasteiger partial charge in [0.2, 0.25) is 10.0 Å². The lowest BCUT2D eigenvalue weighted by Gasteiger charge is -2.20. The molecule has 1 heterocycles. The van der Waals surface area contributed by atoms with Gasteiger partial charge in [0.05, 0.1) is 6.61 Å². The van der Waals surface area contributed by atoms with Crippen molar-refractivity contribution in [3.05, 3.63) is 22.9 Å². The summed E-state index contributed by atoms with van der Waals surface area (Å²) in [4.78, 5) is 3.97. The minimum Gasteiger partial charge on any atom is -0.395 e. The van der Waals surface area contributed by atoms with E-state index in [1.54, 1.807) is 0 Å². The third-order valence-corrected chi connectivity index (χ3v) is 4.44. The van der Waals surface area contributed by atoms with E-state index in [0.717, 1.165) is 0 Å². The second-order valence-corrected chi connectivity index (χ2v) is 6.32. The van der Waals surface area contributed by atoms with Gasteiger partial charge in [-0.2, -0.15) is 4.31 Å². The predicted molar refractivity (Wildman–Crippen MR) is 68.1 cm³/mol. The summed E-state index contributed by atoms with van der Waals surface area (Å²) in [5.41, 5.74) is 0. The molecule has 0 fully saturated rings. The molecular formula is C10H15BrN2O3S. The highest BCUT2D eigenvalue weighted by atomic mass is 79.9. The summed E-state index contributed by atoms with van der Waals surface area (Å²) < 4.78 is 26.3. The van der Waals surface area contributed by atoms with E-state index >= 15 is 0 Å². The molecule has 5 nitrogen and oxygen atoms in total. The largest absolute Gasteiger partial charge is 0.395 e. The van der Waals surface area contributed by atoms with Crippen molar-refractivity contribution in [3.8, 4) is 0 Å². The highest BCUT2D eigenvalue weighted by Gasteiger charge is 2.23. The number of sulfonamides is 1. The zero-order valence-corrected chi connectivity index (χ0v) is 11.9. The maximum atomic E-state index is 12.2. The first-order chi connectivity index (χ1) is 8.02. The summed E-state index contributed by atoms with van der Waals surface area (Å²) in [5.74, 6) is 0. The normalized spacial score (nSPS) is 12.0. The Morgan fingerprint density at radius 2 is 2.12 bits per heavy atom. The molecule has 0 bridgehead atoms. The van der Waals surface area contributed by atoms with E-state index in [0.29, 0.717) is 17.4 Å². The molecule has 0 saturated heterocycles. The Morgan fingerprint density at radius 3 is 2.65 bits per heavy atom. The third kappa shape index (κ3) is 3.74. The highest BCUT2D eigenvalue weighted by Crippen LogP contribution is 2.18. The Morgan fingerprint density at radius 1 is 1.41 bits per heavy atom. The van der Waals surface area contributed by atoms with Crippen LogP contribution in [0.2, 0.25) is 0 Å². The van der Waals surface area contributed by atoms with Gasteiger partial charge in [-0.05, 0) is 28.4 Å². The summed E-state index contributed by atoms with van der Waals surface area (Å²) in [6.45, 7) is 2.18. The number of aromatic nitrogens is 1. The number of nitrogens with zero attached hydrogens (tertiary/aromatic N) is 2. The first-order valence-electron chi connectivity index (χ1n) is 5.24. The molecule has 1 rings (SSSR count). The lowest BCUT2D eigenvalue weighted by atomic mass is 10.5. The second kappa shape index (κ2) is 6.44. The summed E-state index contributed by atoms with van der Waals surface area (Å²) >= 11 is 3.19. The van der Waals surface area contributed by atoms with Crippen LogP contribution in [-0.2, 0) is 10.0 Å². The average Bonchev–Trinajstić information content (AvgIpc) is 2.29. The van der Waals surface area contributed by atoms with Crippen molar-refractivity contribution in [2.75, 3.05) is 19.7 Å². The predicted octanol–water partition coefficient (Wildman–Crippen LogP) is 1.24. The zero-order chi connectivity index (χ0) is 12.9. The molecule has 7 heteroatoms. The smallest absolute Gasteiger partial charge is 0.244 e. The van der Waals surface area contributed by atoms with Crippen molar-refractivity contribution in [1.29, 1.82) is 0 Å². The topological polar surface area (TPSA) is 70.5 Å². The van der Waals surface area contributed by atoms with Crippen LogP contribution in [0.1, 0.15) is 13.3 Å². The molecule has 0 unspecified atom stereocenters. The van der Waals surface area contributed by atoms with Crippen LogP contribution in [-0.4, -0.2) is 42.5 Å². The molecule has 0 aromatic carbocycles. The van der Waals surface area contributed by atoms with Gasteiger partial charge in [-0.15, -0.1) is 0 Å². The fourth-order valence-corrected chi connectivity index (χ4v) is 3.43. The molecule has 1 N–H and O–H groups in total. The molecule has 1 aromatic rings. The van der Waals surface area contributed by atoms with Crippen LogP contribution in [0.25, 0.3) is 0 Å². The van der Waals surface area contributed by atoms with E-state index in [2.05, 4.69) is 20.9 Å². The van der Waals surface area contributed by atoms with Crippen LogP contribution in [0.15, 0.2) is 27.8 Å². The summed E-state index contributed by atoms with van der Waals surface area (Å²) in [5, 5.41) is 8.90. The monoisotopic (exact) mass is 322 g/mol. The minimum atomic E-state index is -3.57. The van der Waals surface area contributed by atoms with Gasteiger partial charge < -0.3 is 5.11 Å². The Balaban J connectivity index is 3.07. The molecule has 0 aliphatic heterocycles. The number of aliphatic hydroxyl groups excluding tert-OH is 1. The van der Waals surface area contributed by atoms with Crippen molar-refractivity contribution in [2.24, 2.45) is 0 Å². The number of aliphatic hydroxyl groups is 1. The number of hydrogen-bond donors (Lipinski definition) is 1. The van der Waals surface area contributed by atoms with Gasteiger partial charge in [0.15, 0.2) is 0 Å². The van der Waals surface area contributed by atoms with Crippen molar-refractivity contribution in [1.82, 2.24) is 9.29 Å². The Kier molecular flexibility index (Phi) is 5.51. The van der Waals surface area contributed by atoms with Gasteiger partial charge >= 0.3 is 0 Å². The maximum absolute atomic E-state index is 12.2. The quantitative estimate of drug-likeness (QED) is 0.855. The SMILES string of the molecule is CCCN(CCO)S(=O)(=O)c1cncc(Br)c1. The first kappa shape index (κ1) is 14.6. The van der Waals surface area contributed by atoms with E-state index in [1.165, 1.54) is 22.8 Å². The number of hydrogen-bond acceptors (Lipinski definition) is 4. The summed E-state index contributed by atoms with van der Waals surface area (Å²) in [6.07, 6.45) is 3.52. The van der Waals surface area contributed by atoms with Crippen LogP contribution in [0.3, 0.4) is 0 Å². The molecule has 0 atom stereocenters. The van der Waals surface area contributed by atoms with E-state index in [1.807, 2.05) is 6.92 Å². The third-order valence-electron chi connectivity index (χ3n) is 2.14. The lowest BCUT2D eigenvalue weighted by Crippen LogP contribution is -2.34. The average molecular weight is 323 g/mol. The van der Waals surface area contributed by atoms with Crippen molar-refractivity contribution in [2.45, 2.75) is 18.2 Å². The van der Waals surface area contributed by atoms with Gasteiger partial charge in [-0.25, -0.2) is 8.42 Å². The molecule has 0 radical (unpaired) electrons. The second-order valence-electron chi connectivity index (χ2n) is 3.47. The van der Waals surface area contributed by atoms with Crippen LogP contribution < -0.4 is 0 Å². The van der Waals surface area contributed by atoms with Gasteiger partial charge in [0.1, 0.15) is 4.90 Å². The van der Waals surface area contributed by atoms with Gasteiger partial charge in [0, 0.05) is 30.0 Å². The number of rotatable bonds is 6. The van der Waals surface area contributed by atoms with E-state index in [4.69, 9.17) is 5.11 Å². The molecule has 0 aliphatic carbocycles. The van der Waals surface area contributed by atoms with Crippen molar-refractivity contribution in [3.63, 3.8) is 0 Å². The molecule has 0 aliphatic rings. The minimum absolute atomic E-state index is 0.0999. The summed E-state index contributed by atoms with van der Waals surface area (Å²) in [6, 6.07) is 1.50. The zero-order valence-electron chi connectivity index (χ0n) is 9.50. The highest BCUT2D eigenvalue weighted by molar-refractivity contribution is 9.10. The summed E-state index contributed by atoms with van der Waals surface area (Å²) in [7, 11) is -3.57. The first-order valence-corrected chi connectivity index (χ1v) is 7.47. The van der Waals surface area contributed by atoms with Crippen LogP contribution in [0.4, 0.5) is 0 Å². The molecule has 96 valence electrons. The maximum Gasteiger partial charge on any atom is 0.244 e. The Labute approximate surface area is 110 Å². The van der Waals surface area contributed by atoms with Crippen LogP contribution in [0, 0.1) is 0 Å². The Hall–Kier alpha value is -0.500. The van der Waals surface area contributed by atoms with E-state index < -0.39 is 10.0 Å². The van der Waals surface area contributed by atoms with Crippen LogP contribution >= 0.6 is 15.9 Å². The lowest BCUT2D eigenvalue weighted by molar-refractivity contribution is 0.253. The molecule has 1 aromatic heterocycles. The van der Waals surface area contributed by atoms with Crippen molar-refractivity contribution >= 4 is 26.0 Å². The van der Waals surface area contributed by atoms with Gasteiger partial charge in [0.25, 0.3) is 0 Å². The molecule has 0 amide bonds. The van der Waals surface area contributed by atoms with Gasteiger partial charge in [-0.3, -0.25) is 4.98 Å². The fraction of sp³-hybridized carbons (Fsp3) is 0.500. The Bertz CT molecular complexity index is 458. The molecule has 0 saturated carbocycles. The van der Waals surface area contributed by atoms with E-state index in [-0.39, 0.29) is 18.0 Å². The standard InChI is InChI=1S/C10H15BrN2O3S/c1-2-3-13(4-5-14)17(15,16)10-6-9(11)7-12-8-10/h6-8,14H,2-5H2,1H3. The molecular weight excluding hydrogens is 308 g/mol. The van der Waals surface area contributed by atoms with Crippen molar-refractivity contribution < 1.29 is 13.5 Å². The van der Waals surface area contributed by atoms with Crippen LogP contribution in [0.5, 0.6) is 0 Å². The van der Waals surface area contributed by atoms with E-state index in [9.17, 15) is 8.42 Å². The van der Waals surface area contributed by atoms with Gasteiger partial charge in [-0.1, -0.05) is 6.92 Å². The molecule has 0 spiro atoms.